The number of amides is 1. The molecule has 2 N–H and O–H groups in total. The molecular weight excluding hydrogens is 282 g/mol. The lowest BCUT2D eigenvalue weighted by Crippen LogP contribution is -2.22. The number of para-hydroxylation sites is 3. The van der Waals surface area contributed by atoms with E-state index in [1.807, 2.05) is 0 Å². The van der Waals surface area contributed by atoms with E-state index in [0.29, 0.717) is 16.6 Å². The SMILES string of the molecule is O=C(Cn1ncc(=O)c2ccccc21)Nc1ccccc1O. The number of carbonyl (C=O) groups is 1. The summed E-state index contributed by atoms with van der Waals surface area (Å²) in [6.45, 7) is -0.0604. The molecule has 110 valence electrons. The maximum Gasteiger partial charge on any atom is 0.246 e. The lowest BCUT2D eigenvalue weighted by molar-refractivity contribution is -0.116. The van der Waals surface area contributed by atoms with Gasteiger partial charge in [-0.05, 0) is 24.3 Å². The summed E-state index contributed by atoms with van der Waals surface area (Å²) in [5.74, 6) is -0.351. The Labute approximate surface area is 125 Å². The predicted molar refractivity (Wildman–Crippen MR) is 82.7 cm³/mol. The van der Waals surface area contributed by atoms with Crippen LogP contribution in [0.5, 0.6) is 5.75 Å². The predicted octanol–water partition coefficient (Wildman–Crippen LogP) is 1.74. The Morgan fingerprint density at radius 1 is 1.14 bits per heavy atom. The zero-order valence-electron chi connectivity index (χ0n) is 11.6. The van der Waals surface area contributed by atoms with Crippen LogP contribution in [0.2, 0.25) is 0 Å². The molecule has 22 heavy (non-hydrogen) atoms. The summed E-state index contributed by atoms with van der Waals surface area (Å²) in [5, 5.41) is 16.8. The summed E-state index contributed by atoms with van der Waals surface area (Å²) in [4.78, 5) is 23.8. The summed E-state index contributed by atoms with van der Waals surface area (Å²) in [6.07, 6.45) is 1.19. The van der Waals surface area contributed by atoms with Gasteiger partial charge in [0.2, 0.25) is 11.3 Å². The standard InChI is InChI=1S/C16H13N3O3/c20-14-8-4-2-6-12(14)18-16(22)10-19-13-7-3-1-5-11(13)15(21)9-17-19/h1-9,20H,10H2,(H,18,22). The van der Waals surface area contributed by atoms with Crippen LogP contribution in [0.15, 0.2) is 59.5 Å². The molecule has 0 aliphatic heterocycles. The van der Waals surface area contributed by atoms with Crippen molar-refractivity contribution in [3.63, 3.8) is 0 Å². The third-order valence-corrected chi connectivity index (χ3v) is 3.23. The fourth-order valence-electron chi connectivity index (χ4n) is 2.19. The van der Waals surface area contributed by atoms with Crippen molar-refractivity contribution >= 4 is 22.5 Å². The molecule has 0 atom stereocenters. The van der Waals surface area contributed by atoms with E-state index in [9.17, 15) is 14.7 Å². The van der Waals surface area contributed by atoms with E-state index in [1.54, 1.807) is 42.5 Å². The summed E-state index contributed by atoms with van der Waals surface area (Å²) in [6, 6.07) is 13.4. The van der Waals surface area contributed by atoms with Gasteiger partial charge in [-0.2, -0.15) is 5.10 Å². The highest BCUT2D eigenvalue weighted by Gasteiger charge is 2.09. The number of phenols is 1. The molecule has 0 saturated carbocycles. The third-order valence-electron chi connectivity index (χ3n) is 3.23. The van der Waals surface area contributed by atoms with Gasteiger partial charge in [0.05, 0.1) is 17.4 Å². The van der Waals surface area contributed by atoms with Gasteiger partial charge in [-0.15, -0.1) is 0 Å². The molecule has 3 rings (SSSR count). The van der Waals surface area contributed by atoms with Gasteiger partial charge in [-0.3, -0.25) is 14.3 Å². The number of aromatic nitrogens is 2. The van der Waals surface area contributed by atoms with Crippen LogP contribution < -0.4 is 10.7 Å². The molecule has 1 aromatic heterocycles. The second kappa shape index (κ2) is 5.69. The minimum Gasteiger partial charge on any atom is -0.506 e. The largest absolute Gasteiger partial charge is 0.506 e. The van der Waals surface area contributed by atoms with E-state index in [2.05, 4.69) is 10.4 Å². The first kappa shape index (κ1) is 13.8. The summed E-state index contributed by atoms with van der Waals surface area (Å²) in [5.41, 5.74) is 0.730. The molecule has 0 saturated heterocycles. The highest BCUT2D eigenvalue weighted by atomic mass is 16.3. The van der Waals surface area contributed by atoms with Crippen molar-refractivity contribution in [2.75, 3.05) is 5.32 Å². The van der Waals surface area contributed by atoms with Crippen LogP contribution in [0, 0.1) is 0 Å². The number of nitrogens with zero attached hydrogens (tertiary/aromatic N) is 2. The van der Waals surface area contributed by atoms with Gasteiger partial charge in [0, 0.05) is 5.39 Å². The van der Waals surface area contributed by atoms with Crippen LogP contribution in [-0.2, 0) is 11.3 Å². The number of hydrogen-bond acceptors (Lipinski definition) is 4. The lowest BCUT2D eigenvalue weighted by atomic mass is 10.2. The van der Waals surface area contributed by atoms with Crippen LogP contribution in [0.3, 0.4) is 0 Å². The highest BCUT2D eigenvalue weighted by Crippen LogP contribution is 2.21. The Kier molecular flexibility index (Phi) is 3.57. The van der Waals surface area contributed by atoms with E-state index in [4.69, 9.17) is 0 Å². The number of phenolic OH excluding ortho intramolecular Hbond substituents is 1. The first-order valence-electron chi connectivity index (χ1n) is 6.68. The van der Waals surface area contributed by atoms with E-state index >= 15 is 0 Å². The van der Waals surface area contributed by atoms with E-state index in [-0.39, 0.29) is 23.6 Å². The van der Waals surface area contributed by atoms with E-state index < -0.39 is 0 Å². The smallest absolute Gasteiger partial charge is 0.246 e. The molecule has 0 aliphatic rings. The van der Waals surface area contributed by atoms with Gasteiger partial charge in [-0.25, -0.2) is 0 Å². The van der Waals surface area contributed by atoms with Crippen molar-refractivity contribution < 1.29 is 9.90 Å². The van der Waals surface area contributed by atoms with E-state index in [0.717, 1.165) is 0 Å². The Bertz CT molecular complexity index is 902. The van der Waals surface area contributed by atoms with E-state index in [1.165, 1.54) is 16.9 Å². The van der Waals surface area contributed by atoms with Crippen molar-refractivity contribution in [3.8, 4) is 5.75 Å². The quantitative estimate of drug-likeness (QED) is 0.721. The Morgan fingerprint density at radius 2 is 1.86 bits per heavy atom. The van der Waals surface area contributed by atoms with Gasteiger partial charge in [0.15, 0.2) is 0 Å². The molecule has 3 aromatic rings. The Hall–Kier alpha value is -3.15. The molecule has 0 radical (unpaired) electrons. The fraction of sp³-hybridized carbons (Fsp3) is 0.0625. The van der Waals surface area contributed by atoms with Gasteiger partial charge < -0.3 is 10.4 Å². The first-order valence-corrected chi connectivity index (χ1v) is 6.68. The van der Waals surface area contributed by atoms with Crippen molar-refractivity contribution in [2.45, 2.75) is 6.54 Å². The molecule has 0 unspecified atom stereocenters. The molecule has 0 aliphatic carbocycles. The summed E-state index contributed by atoms with van der Waals surface area (Å²) < 4.78 is 1.45. The normalized spacial score (nSPS) is 10.5. The molecule has 0 fully saturated rings. The van der Waals surface area contributed by atoms with Crippen LogP contribution in [0.1, 0.15) is 0 Å². The van der Waals surface area contributed by atoms with Gasteiger partial charge in [-0.1, -0.05) is 24.3 Å². The van der Waals surface area contributed by atoms with Gasteiger partial charge in [0.1, 0.15) is 12.3 Å². The third kappa shape index (κ3) is 2.67. The topological polar surface area (TPSA) is 84.2 Å². The Morgan fingerprint density at radius 3 is 2.68 bits per heavy atom. The summed E-state index contributed by atoms with van der Waals surface area (Å²) >= 11 is 0. The van der Waals surface area contributed by atoms with Crippen molar-refractivity contribution in [1.29, 1.82) is 0 Å². The number of hydrogen-bond donors (Lipinski definition) is 2. The average molecular weight is 295 g/mol. The monoisotopic (exact) mass is 295 g/mol. The van der Waals surface area contributed by atoms with Crippen LogP contribution in [-0.4, -0.2) is 20.8 Å². The number of carbonyl (C=O) groups excluding carboxylic acids is 1. The van der Waals surface area contributed by atoms with Gasteiger partial charge in [0.25, 0.3) is 0 Å². The number of nitrogens with one attached hydrogen (secondary N) is 1. The Balaban J connectivity index is 1.88. The molecule has 1 amide bonds. The van der Waals surface area contributed by atoms with Gasteiger partial charge >= 0.3 is 0 Å². The molecule has 6 nitrogen and oxygen atoms in total. The van der Waals surface area contributed by atoms with Crippen molar-refractivity contribution in [1.82, 2.24) is 9.78 Å². The molecular formula is C16H13N3O3. The molecule has 6 heteroatoms. The second-order valence-corrected chi connectivity index (χ2v) is 4.75. The maximum absolute atomic E-state index is 12.1. The maximum atomic E-state index is 12.1. The zero-order chi connectivity index (χ0) is 15.5. The van der Waals surface area contributed by atoms with Crippen molar-refractivity contribution in [3.05, 3.63) is 65.0 Å². The minimum absolute atomic E-state index is 0.00595. The van der Waals surface area contributed by atoms with Crippen LogP contribution in [0.25, 0.3) is 10.9 Å². The first-order chi connectivity index (χ1) is 10.6. The summed E-state index contributed by atoms with van der Waals surface area (Å²) in [7, 11) is 0. The number of fused-ring (bicyclic) bond motifs is 1. The molecule has 0 spiro atoms. The lowest BCUT2D eigenvalue weighted by Gasteiger charge is -2.10. The highest BCUT2D eigenvalue weighted by molar-refractivity contribution is 5.92. The fourth-order valence-corrected chi connectivity index (χ4v) is 2.19. The molecule has 1 heterocycles. The molecule has 0 bridgehead atoms. The number of benzene rings is 2. The number of aromatic hydroxyl groups is 1. The minimum atomic E-state index is -0.345. The second-order valence-electron chi connectivity index (χ2n) is 4.75. The number of anilines is 1. The van der Waals surface area contributed by atoms with Crippen LogP contribution in [0.4, 0.5) is 5.69 Å². The molecule has 2 aromatic carbocycles. The van der Waals surface area contributed by atoms with Crippen LogP contribution >= 0.6 is 0 Å². The van der Waals surface area contributed by atoms with Crippen molar-refractivity contribution in [2.24, 2.45) is 0 Å². The zero-order valence-corrected chi connectivity index (χ0v) is 11.6. The number of rotatable bonds is 3. The average Bonchev–Trinajstić information content (AvgIpc) is 2.53.